The number of pyridine rings is 2. The fourth-order valence-electron chi connectivity index (χ4n) is 2.74. The summed E-state index contributed by atoms with van der Waals surface area (Å²) in [6, 6.07) is 7.62. The number of carbonyl (C=O) groups is 1. The van der Waals surface area contributed by atoms with Gasteiger partial charge in [0.15, 0.2) is 5.76 Å². The number of nitrogens with one attached hydrogen (secondary N) is 2. The first-order valence-electron chi connectivity index (χ1n) is 7.89. The van der Waals surface area contributed by atoms with Crippen LogP contribution in [-0.2, 0) is 9.53 Å². The van der Waals surface area contributed by atoms with Crippen LogP contribution in [0.25, 0.3) is 17.1 Å². The second-order valence-corrected chi connectivity index (χ2v) is 5.84. The summed E-state index contributed by atoms with van der Waals surface area (Å²) in [5.74, 6) is 0.478. The SMILES string of the molecule is Cc1ccc(NC2=CC(=O)/C(=C\c3c[nH]c4ncccc34)O2)c(C)n1. The summed E-state index contributed by atoms with van der Waals surface area (Å²) >= 11 is 0. The van der Waals surface area contributed by atoms with E-state index in [4.69, 9.17) is 4.74 Å². The molecule has 0 saturated heterocycles. The number of aryl methyl sites for hydroxylation is 2. The highest BCUT2D eigenvalue weighted by molar-refractivity contribution is 6.09. The quantitative estimate of drug-likeness (QED) is 0.718. The van der Waals surface area contributed by atoms with Crippen molar-refractivity contribution in [2.24, 2.45) is 0 Å². The number of aromatic amines is 1. The maximum atomic E-state index is 12.2. The molecule has 1 aliphatic heterocycles. The second-order valence-electron chi connectivity index (χ2n) is 5.84. The highest BCUT2D eigenvalue weighted by Crippen LogP contribution is 2.25. The number of allylic oxidation sites excluding steroid dienone is 1. The standard InChI is InChI=1S/C19H16N4O2/c1-11-5-6-15(12(2)22-11)23-18-9-16(24)17(25-18)8-13-10-21-19-14(13)4-3-7-20-19/h3-10,23H,1-2H3,(H,20,21)/b17-8+. The summed E-state index contributed by atoms with van der Waals surface area (Å²) in [5, 5.41) is 4.04. The van der Waals surface area contributed by atoms with Crippen LogP contribution in [0.4, 0.5) is 5.69 Å². The maximum Gasteiger partial charge on any atom is 0.226 e. The maximum absolute atomic E-state index is 12.2. The molecule has 0 saturated carbocycles. The van der Waals surface area contributed by atoms with Gasteiger partial charge >= 0.3 is 0 Å². The van der Waals surface area contributed by atoms with Crippen molar-refractivity contribution < 1.29 is 9.53 Å². The average Bonchev–Trinajstić information content (AvgIpc) is 3.15. The van der Waals surface area contributed by atoms with E-state index in [9.17, 15) is 4.79 Å². The number of hydrogen-bond acceptors (Lipinski definition) is 5. The third kappa shape index (κ3) is 2.89. The van der Waals surface area contributed by atoms with Crippen molar-refractivity contribution in [2.75, 3.05) is 5.32 Å². The summed E-state index contributed by atoms with van der Waals surface area (Å²) in [6.45, 7) is 3.84. The first kappa shape index (κ1) is 15.1. The van der Waals surface area contributed by atoms with Gasteiger partial charge in [0.25, 0.3) is 0 Å². The Morgan fingerprint density at radius 3 is 2.96 bits per heavy atom. The van der Waals surface area contributed by atoms with Gasteiger partial charge in [-0.25, -0.2) is 4.98 Å². The predicted octanol–water partition coefficient (Wildman–Crippen LogP) is 3.47. The predicted molar refractivity (Wildman–Crippen MR) is 95.6 cm³/mol. The molecule has 1 aliphatic rings. The lowest BCUT2D eigenvalue weighted by Gasteiger charge is -2.10. The lowest BCUT2D eigenvalue weighted by Crippen LogP contribution is -2.02. The number of ether oxygens (including phenoxy) is 1. The van der Waals surface area contributed by atoms with Gasteiger partial charge < -0.3 is 15.0 Å². The van der Waals surface area contributed by atoms with Gasteiger partial charge in [-0.3, -0.25) is 9.78 Å². The van der Waals surface area contributed by atoms with Crippen LogP contribution in [-0.4, -0.2) is 20.7 Å². The Morgan fingerprint density at radius 2 is 2.12 bits per heavy atom. The van der Waals surface area contributed by atoms with E-state index in [1.165, 1.54) is 6.08 Å². The number of hydrogen-bond donors (Lipinski definition) is 2. The van der Waals surface area contributed by atoms with E-state index < -0.39 is 0 Å². The summed E-state index contributed by atoms with van der Waals surface area (Å²) in [7, 11) is 0. The minimum absolute atomic E-state index is 0.182. The molecule has 0 atom stereocenters. The van der Waals surface area contributed by atoms with Crippen LogP contribution in [0.2, 0.25) is 0 Å². The smallest absolute Gasteiger partial charge is 0.226 e. The van der Waals surface area contributed by atoms with E-state index in [0.717, 1.165) is 33.7 Å². The lowest BCUT2D eigenvalue weighted by atomic mass is 10.2. The Balaban J connectivity index is 1.58. The molecule has 3 aromatic rings. The molecule has 3 aromatic heterocycles. The van der Waals surface area contributed by atoms with Gasteiger partial charge in [0.1, 0.15) is 5.65 Å². The van der Waals surface area contributed by atoms with E-state index in [0.29, 0.717) is 5.88 Å². The minimum Gasteiger partial charge on any atom is -0.437 e. The lowest BCUT2D eigenvalue weighted by molar-refractivity contribution is -0.112. The molecule has 0 aliphatic carbocycles. The van der Waals surface area contributed by atoms with Crippen molar-refractivity contribution in [3.05, 3.63) is 71.3 Å². The Morgan fingerprint density at radius 1 is 1.24 bits per heavy atom. The number of fused-ring (bicyclic) bond motifs is 1. The third-order valence-electron chi connectivity index (χ3n) is 3.98. The van der Waals surface area contributed by atoms with Gasteiger partial charge in [-0.15, -0.1) is 0 Å². The number of aromatic nitrogens is 3. The second kappa shape index (κ2) is 5.90. The summed E-state index contributed by atoms with van der Waals surface area (Å²) in [5.41, 5.74) is 4.22. The molecule has 124 valence electrons. The molecule has 4 rings (SSSR count). The Hall–Kier alpha value is -3.41. The molecular formula is C19H16N4O2. The van der Waals surface area contributed by atoms with Gasteiger partial charge in [0, 0.05) is 29.0 Å². The van der Waals surface area contributed by atoms with Crippen molar-refractivity contribution in [3.63, 3.8) is 0 Å². The van der Waals surface area contributed by atoms with Crippen LogP contribution in [0.1, 0.15) is 17.0 Å². The van der Waals surface area contributed by atoms with Crippen LogP contribution >= 0.6 is 0 Å². The zero-order valence-electron chi connectivity index (χ0n) is 13.8. The summed E-state index contributed by atoms with van der Waals surface area (Å²) < 4.78 is 5.68. The molecule has 0 spiro atoms. The molecule has 0 fully saturated rings. The van der Waals surface area contributed by atoms with E-state index in [2.05, 4.69) is 20.3 Å². The zero-order valence-corrected chi connectivity index (χ0v) is 13.8. The molecule has 2 N–H and O–H groups in total. The highest BCUT2D eigenvalue weighted by Gasteiger charge is 2.22. The first-order valence-corrected chi connectivity index (χ1v) is 7.89. The van der Waals surface area contributed by atoms with Gasteiger partial charge in [0.2, 0.25) is 11.7 Å². The van der Waals surface area contributed by atoms with Crippen molar-refractivity contribution in [1.82, 2.24) is 15.0 Å². The van der Waals surface area contributed by atoms with Crippen LogP contribution in [0.3, 0.4) is 0 Å². The van der Waals surface area contributed by atoms with Crippen LogP contribution in [0.15, 0.2) is 54.4 Å². The normalized spacial score (nSPS) is 15.5. The molecule has 0 amide bonds. The van der Waals surface area contributed by atoms with Gasteiger partial charge in [-0.2, -0.15) is 0 Å². The number of rotatable bonds is 3. The van der Waals surface area contributed by atoms with Crippen molar-refractivity contribution in [2.45, 2.75) is 13.8 Å². The number of carbonyl (C=O) groups excluding carboxylic acids is 1. The number of H-pyrrole nitrogens is 1. The number of ketones is 1. The van der Waals surface area contributed by atoms with Crippen molar-refractivity contribution in [3.8, 4) is 0 Å². The van der Waals surface area contributed by atoms with E-state index in [-0.39, 0.29) is 11.5 Å². The molecule has 6 nitrogen and oxygen atoms in total. The fourth-order valence-corrected chi connectivity index (χ4v) is 2.74. The Labute approximate surface area is 144 Å². The van der Waals surface area contributed by atoms with Crippen LogP contribution in [0, 0.1) is 13.8 Å². The first-order chi connectivity index (χ1) is 12.1. The van der Waals surface area contributed by atoms with Gasteiger partial charge in [0.05, 0.1) is 17.5 Å². The largest absolute Gasteiger partial charge is 0.437 e. The molecule has 25 heavy (non-hydrogen) atoms. The van der Waals surface area contributed by atoms with Gasteiger partial charge in [-0.1, -0.05) is 0 Å². The van der Waals surface area contributed by atoms with Crippen LogP contribution in [0.5, 0.6) is 0 Å². The molecular weight excluding hydrogens is 316 g/mol. The number of nitrogens with zero attached hydrogens (tertiary/aromatic N) is 2. The van der Waals surface area contributed by atoms with E-state index in [1.54, 1.807) is 18.5 Å². The molecule has 0 radical (unpaired) electrons. The molecule has 0 bridgehead atoms. The van der Waals surface area contributed by atoms with E-state index >= 15 is 0 Å². The summed E-state index contributed by atoms with van der Waals surface area (Å²) in [4.78, 5) is 23.9. The fraction of sp³-hybridized carbons (Fsp3) is 0.105. The number of anilines is 1. The monoisotopic (exact) mass is 332 g/mol. The molecule has 0 aromatic carbocycles. The molecule has 4 heterocycles. The molecule has 0 unspecified atom stereocenters. The third-order valence-corrected chi connectivity index (χ3v) is 3.98. The Kier molecular flexibility index (Phi) is 3.57. The molecule has 6 heteroatoms. The summed E-state index contributed by atoms with van der Waals surface area (Å²) in [6.07, 6.45) is 6.68. The topological polar surface area (TPSA) is 79.9 Å². The van der Waals surface area contributed by atoms with E-state index in [1.807, 2.05) is 38.1 Å². The van der Waals surface area contributed by atoms with Gasteiger partial charge in [-0.05, 0) is 44.2 Å². The zero-order chi connectivity index (χ0) is 17.4. The highest BCUT2D eigenvalue weighted by atomic mass is 16.5. The van der Waals surface area contributed by atoms with Crippen molar-refractivity contribution in [1.29, 1.82) is 0 Å². The average molecular weight is 332 g/mol. The van der Waals surface area contributed by atoms with Crippen molar-refractivity contribution >= 4 is 28.6 Å². The Bertz CT molecular complexity index is 1050. The van der Waals surface area contributed by atoms with Crippen LogP contribution < -0.4 is 5.32 Å². The minimum atomic E-state index is -0.182.